The van der Waals surface area contributed by atoms with Gasteiger partial charge in [0.25, 0.3) is 5.60 Å². The molecule has 1 saturated carbocycles. The second kappa shape index (κ2) is 12.5. The molecular formula is C28H33F6N3O4. The molecule has 1 aliphatic heterocycles. The molecule has 4 N–H and O–H groups in total. The summed E-state index contributed by atoms with van der Waals surface area (Å²) in [6.45, 7) is 1.55. The molecule has 1 aliphatic carbocycles. The second-order valence-corrected chi connectivity index (χ2v) is 10.6. The van der Waals surface area contributed by atoms with Gasteiger partial charge in [-0.1, -0.05) is 24.3 Å². The van der Waals surface area contributed by atoms with Crippen LogP contribution in [-0.4, -0.2) is 64.8 Å². The summed E-state index contributed by atoms with van der Waals surface area (Å²) in [5, 5.41) is 24.8. The molecule has 0 bridgehead atoms. The standard InChI is InChI=1S/C28H33F6N3O4/c29-27(30,31)26(40,28(32,33)34)19-3-1-18(2-4-19)17-37-15-13-24(14-16-37)41-23-11-7-21(8-12-23)36-25(39)35-20-5-9-22(38)10-6-20/h1-4,7-8,11-12,20,22,24,38,40H,5-6,9-10,13-17H2,(H2,35,36,39)/t20-,22-. The molecule has 0 aromatic heterocycles. The Morgan fingerprint density at radius 3 is 1.95 bits per heavy atom. The van der Waals surface area contributed by atoms with Gasteiger partial charge in [0.2, 0.25) is 0 Å². The Morgan fingerprint density at radius 1 is 0.854 bits per heavy atom. The van der Waals surface area contributed by atoms with E-state index in [2.05, 4.69) is 10.6 Å². The van der Waals surface area contributed by atoms with Crippen LogP contribution in [0.2, 0.25) is 0 Å². The summed E-state index contributed by atoms with van der Waals surface area (Å²) in [6, 6.07) is 10.4. The van der Waals surface area contributed by atoms with Crippen LogP contribution in [-0.2, 0) is 12.1 Å². The first kappa shape index (κ1) is 30.9. The minimum Gasteiger partial charge on any atom is -0.490 e. The van der Waals surface area contributed by atoms with E-state index in [1.54, 1.807) is 24.3 Å². The summed E-state index contributed by atoms with van der Waals surface area (Å²) in [6.07, 6.45) is -8.06. The number of carbonyl (C=O) groups is 1. The quantitative estimate of drug-likeness (QED) is 0.322. The van der Waals surface area contributed by atoms with Crippen LogP contribution in [0.5, 0.6) is 5.75 Å². The van der Waals surface area contributed by atoms with Crippen molar-refractivity contribution in [2.24, 2.45) is 0 Å². The Balaban J connectivity index is 1.22. The summed E-state index contributed by atoms with van der Waals surface area (Å²) < 4.78 is 84.6. The highest BCUT2D eigenvalue weighted by atomic mass is 19.4. The topological polar surface area (TPSA) is 94.1 Å². The van der Waals surface area contributed by atoms with Crippen molar-refractivity contribution in [1.29, 1.82) is 0 Å². The fourth-order valence-corrected chi connectivity index (χ4v) is 5.16. The van der Waals surface area contributed by atoms with Crippen molar-refractivity contribution in [3.8, 4) is 5.75 Å². The van der Waals surface area contributed by atoms with Crippen molar-refractivity contribution >= 4 is 11.7 Å². The number of aliphatic hydroxyl groups is 2. The number of halogens is 6. The smallest absolute Gasteiger partial charge is 0.430 e. The summed E-state index contributed by atoms with van der Waals surface area (Å²) in [4.78, 5) is 14.3. The fourth-order valence-electron chi connectivity index (χ4n) is 5.16. The lowest BCUT2D eigenvalue weighted by molar-refractivity contribution is -0.376. The average molecular weight is 590 g/mol. The lowest BCUT2D eigenvalue weighted by Gasteiger charge is -2.33. The van der Waals surface area contributed by atoms with E-state index in [1.165, 1.54) is 0 Å². The Morgan fingerprint density at radius 2 is 1.41 bits per heavy atom. The number of nitrogens with zero attached hydrogens (tertiary/aromatic N) is 1. The van der Waals surface area contributed by atoms with E-state index in [1.807, 2.05) is 4.90 Å². The first-order valence-electron chi connectivity index (χ1n) is 13.4. The number of carbonyl (C=O) groups excluding carboxylic acids is 1. The number of hydrogen-bond acceptors (Lipinski definition) is 5. The van der Waals surface area contributed by atoms with Gasteiger partial charge in [-0.3, -0.25) is 4.90 Å². The van der Waals surface area contributed by atoms with Gasteiger partial charge in [0.15, 0.2) is 0 Å². The molecule has 1 heterocycles. The highest BCUT2D eigenvalue weighted by Gasteiger charge is 2.71. The normalized spacial score (nSPS) is 21.4. The average Bonchev–Trinajstić information content (AvgIpc) is 2.91. The lowest BCUT2D eigenvalue weighted by Crippen LogP contribution is -2.53. The van der Waals surface area contributed by atoms with E-state index in [0.717, 1.165) is 25.0 Å². The van der Waals surface area contributed by atoms with Gasteiger partial charge >= 0.3 is 18.4 Å². The molecule has 0 radical (unpaired) electrons. The molecule has 41 heavy (non-hydrogen) atoms. The first-order chi connectivity index (χ1) is 19.2. The minimum absolute atomic E-state index is 0.0371. The van der Waals surface area contributed by atoms with Crippen molar-refractivity contribution < 1.29 is 46.1 Å². The predicted molar refractivity (Wildman–Crippen MR) is 138 cm³/mol. The molecule has 2 aromatic carbocycles. The van der Waals surface area contributed by atoms with E-state index < -0.39 is 23.5 Å². The Hall–Kier alpha value is -3.03. The van der Waals surface area contributed by atoms with Gasteiger partial charge in [-0.2, -0.15) is 26.3 Å². The maximum absolute atomic E-state index is 13.1. The number of anilines is 1. The van der Waals surface area contributed by atoms with Crippen molar-refractivity contribution in [3.63, 3.8) is 0 Å². The number of aliphatic hydroxyl groups excluding tert-OH is 1. The van der Waals surface area contributed by atoms with Crippen molar-refractivity contribution in [2.75, 3.05) is 18.4 Å². The first-order valence-corrected chi connectivity index (χ1v) is 13.4. The molecule has 4 rings (SSSR count). The van der Waals surface area contributed by atoms with Crippen LogP contribution in [0.25, 0.3) is 0 Å². The molecule has 2 aromatic rings. The molecule has 0 unspecified atom stereocenters. The number of urea groups is 1. The van der Waals surface area contributed by atoms with Gasteiger partial charge in [0.05, 0.1) is 6.10 Å². The number of likely N-dealkylation sites (tertiary alicyclic amines) is 1. The highest BCUT2D eigenvalue weighted by molar-refractivity contribution is 5.89. The van der Waals surface area contributed by atoms with Crippen LogP contribution < -0.4 is 15.4 Å². The molecule has 0 spiro atoms. The van der Waals surface area contributed by atoms with Gasteiger partial charge < -0.3 is 25.6 Å². The third kappa shape index (κ3) is 7.63. The Kier molecular flexibility index (Phi) is 9.39. The number of piperidine rings is 1. The van der Waals surface area contributed by atoms with E-state index in [0.29, 0.717) is 74.5 Å². The maximum Gasteiger partial charge on any atom is 0.430 e. The monoisotopic (exact) mass is 589 g/mol. The zero-order chi connectivity index (χ0) is 29.8. The fraction of sp³-hybridized carbons (Fsp3) is 0.536. The predicted octanol–water partition coefficient (Wildman–Crippen LogP) is 5.47. The number of amides is 2. The molecule has 13 heteroatoms. The molecule has 2 amide bonds. The molecular weight excluding hydrogens is 556 g/mol. The third-order valence-corrected chi connectivity index (χ3v) is 7.58. The SMILES string of the molecule is O=C(Nc1ccc(OC2CCN(Cc3ccc(C(O)(C(F)(F)F)C(F)(F)F)cc3)CC2)cc1)N[C@H]1CC[C@H](O)CC1. The van der Waals surface area contributed by atoms with E-state index in [-0.39, 0.29) is 24.3 Å². The van der Waals surface area contributed by atoms with Crippen LogP contribution >= 0.6 is 0 Å². The molecule has 0 atom stereocenters. The van der Waals surface area contributed by atoms with Crippen LogP contribution in [0.1, 0.15) is 49.7 Å². The Bertz CT molecular complexity index is 1130. The van der Waals surface area contributed by atoms with Crippen LogP contribution in [0.4, 0.5) is 36.8 Å². The summed E-state index contributed by atoms with van der Waals surface area (Å²) in [5.41, 5.74) is -5.08. The van der Waals surface area contributed by atoms with E-state index >= 15 is 0 Å². The largest absolute Gasteiger partial charge is 0.490 e. The van der Waals surface area contributed by atoms with E-state index in [9.17, 15) is 41.4 Å². The number of rotatable bonds is 7. The third-order valence-electron chi connectivity index (χ3n) is 7.58. The van der Waals surface area contributed by atoms with Gasteiger partial charge in [0.1, 0.15) is 11.9 Å². The van der Waals surface area contributed by atoms with Crippen LogP contribution in [0, 0.1) is 0 Å². The number of ether oxygens (including phenoxy) is 1. The zero-order valence-corrected chi connectivity index (χ0v) is 22.1. The number of benzene rings is 2. The Labute approximate surface area is 233 Å². The zero-order valence-electron chi connectivity index (χ0n) is 22.1. The molecule has 2 fully saturated rings. The number of nitrogens with one attached hydrogen (secondary N) is 2. The number of alkyl halides is 6. The van der Waals surface area contributed by atoms with Crippen molar-refractivity contribution in [3.05, 3.63) is 59.7 Å². The minimum atomic E-state index is -5.92. The number of hydrogen-bond donors (Lipinski definition) is 4. The van der Waals surface area contributed by atoms with Crippen molar-refractivity contribution in [1.82, 2.24) is 10.2 Å². The van der Waals surface area contributed by atoms with Crippen LogP contribution in [0.3, 0.4) is 0 Å². The lowest BCUT2D eigenvalue weighted by atomic mass is 9.91. The molecule has 1 saturated heterocycles. The second-order valence-electron chi connectivity index (χ2n) is 10.6. The van der Waals surface area contributed by atoms with Gasteiger partial charge in [0, 0.05) is 36.9 Å². The summed E-state index contributed by atoms with van der Waals surface area (Å²) >= 11 is 0. The highest BCUT2D eigenvalue weighted by Crippen LogP contribution is 2.50. The van der Waals surface area contributed by atoms with Gasteiger partial charge in [-0.05, 0) is 68.4 Å². The van der Waals surface area contributed by atoms with Crippen molar-refractivity contribution in [2.45, 2.75) is 81.3 Å². The molecule has 226 valence electrons. The van der Waals surface area contributed by atoms with E-state index in [4.69, 9.17) is 4.74 Å². The summed E-state index contributed by atoms with van der Waals surface area (Å²) in [7, 11) is 0. The van der Waals surface area contributed by atoms with Gasteiger partial charge in [-0.15, -0.1) is 0 Å². The maximum atomic E-state index is 13.1. The molecule has 7 nitrogen and oxygen atoms in total. The van der Waals surface area contributed by atoms with Gasteiger partial charge in [-0.25, -0.2) is 4.79 Å². The van der Waals surface area contributed by atoms with Crippen LogP contribution in [0.15, 0.2) is 48.5 Å². The summed E-state index contributed by atoms with van der Waals surface area (Å²) in [5.74, 6) is 0.632. The molecule has 2 aliphatic rings.